The van der Waals surface area contributed by atoms with Gasteiger partial charge in [0.15, 0.2) is 0 Å². The van der Waals surface area contributed by atoms with E-state index >= 15 is 0 Å². The van der Waals surface area contributed by atoms with Crippen molar-refractivity contribution in [3.8, 4) is 0 Å². The van der Waals surface area contributed by atoms with E-state index in [-0.39, 0.29) is 5.82 Å². The van der Waals surface area contributed by atoms with E-state index < -0.39 is 17.9 Å². The molecule has 0 aliphatic rings. The minimum Gasteiger partial charge on any atom is -0.480 e. The molecule has 112 valence electrons. The first-order valence-corrected chi connectivity index (χ1v) is 7.55. The van der Waals surface area contributed by atoms with Crippen LogP contribution in [0, 0.1) is 5.82 Å². The fourth-order valence-electron chi connectivity index (χ4n) is 2.02. The molecule has 1 amide bonds. The molecule has 0 fully saturated rings. The second kappa shape index (κ2) is 6.67. The Morgan fingerprint density at radius 3 is 2.81 bits per heavy atom. The number of thiophene rings is 1. The van der Waals surface area contributed by atoms with Crippen LogP contribution in [-0.2, 0) is 4.79 Å². The number of hydrogen-bond donors (Lipinski definition) is 2. The fraction of sp³-hybridized carbons (Fsp3) is 0.333. The predicted molar refractivity (Wildman–Crippen MR) is 80.2 cm³/mol. The number of carbonyl (C=O) groups excluding carboxylic acids is 1. The Bertz CT molecular complexity index is 668. The summed E-state index contributed by atoms with van der Waals surface area (Å²) in [5, 5.41) is 12.3. The molecule has 6 heteroatoms. The van der Waals surface area contributed by atoms with Gasteiger partial charge in [0.25, 0.3) is 5.91 Å². The predicted octanol–water partition coefficient (Wildman–Crippen LogP) is 3.41. The van der Waals surface area contributed by atoms with Crippen LogP contribution in [0.3, 0.4) is 0 Å². The number of nitrogens with one attached hydrogen (secondary N) is 1. The van der Waals surface area contributed by atoms with E-state index in [1.807, 2.05) is 6.92 Å². The Kier molecular flexibility index (Phi) is 4.90. The topological polar surface area (TPSA) is 66.4 Å². The second-order valence-electron chi connectivity index (χ2n) is 4.80. The lowest BCUT2D eigenvalue weighted by atomic mass is 10.1. The lowest BCUT2D eigenvalue weighted by Crippen LogP contribution is -2.40. The highest BCUT2D eigenvalue weighted by molar-refractivity contribution is 7.20. The molecule has 2 rings (SSSR count). The van der Waals surface area contributed by atoms with E-state index in [4.69, 9.17) is 5.11 Å². The summed E-state index contributed by atoms with van der Waals surface area (Å²) in [5.41, 5.74) is 0. The zero-order valence-corrected chi connectivity index (χ0v) is 12.4. The molecule has 1 atom stereocenters. The van der Waals surface area contributed by atoms with Gasteiger partial charge in [0.2, 0.25) is 0 Å². The van der Waals surface area contributed by atoms with Gasteiger partial charge in [-0.1, -0.05) is 19.8 Å². The second-order valence-corrected chi connectivity index (χ2v) is 5.88. The van der Waals surface area contributed by atoms with Crippen LogP contribution in [0.25, 0.3) is 10.1 Å². The van der Waals surface area contributed by atoms with Gasteiger partial charge in [-0.3, -0.25) is 4.79 Å². The highest BCUT2D eigenvalue weighted by Gasteiger charge is 2.21. The molecule has 0 bridgehead atoms. The summed E-state index contributed by atoms with van der Waals surface area (Å²) >= 11 is 1.22. The summed E-state index contributed by atoms with van der Waals surface area (Å²) in [5.74, 6) is -1.83. The third-order valence-corrected chi connectivity index (χ3v) is 4.27. The normalized spacial score (nSPS) is 12.3. The minimum absolute atomic E-state index is 0.362. The maximum absolute atomic E-state index is 13.1. The number of aliphatic carboxylic acids is 1. The van der Waals surface area contributed by atoms with Crippen LogP contribution in [0.1, 0.15) is 35.9 Å². The van der Waals surface area contributed by atoms with Crippen molar-refractivity contribution in [3.63, 3.8) is 0 Å². The average Bonchev–Trinajstić information content (AvgIpc) is 2.85. The molecule has 0 unspecified atom stereocenters. The molecule has 1 heterocycles. The van der Waals surface area contributed by atoms with E-state index in [9.17, 15) is 14.0 Å². The van der Waals surface area contributed by atoms with E-state index in [2.05, 4.69) is 5.32 Å². The zero-order chi connectivity index (χ0) is 15.4. The first-order valence-electron chi connectivity index (χ1n) is 6.74. The van der Waals surface area contributed by atoms with E-state index in [0.717, 1.165) is 17.5 Å². The molecule has 0 aliphatic carbocycles. The van der Waals surface area contributed by atoms with Crippen molar-refractivity contribution in [1.82, 2.24) is 5.32 Å². The SMILES string of the molecule is CCCC[C@H](NC(=O)c1cc2cc(F)ccc2s1)C(=O)O. The number of carbonyl (C=O) groups is 2. The fourth-order valence-corrected chi connectivity index (χ4v) is 2.97. The van der Waals surface area contributed by atoms with Crippen molar-refractivity contribution < 1.29 is 19.1 Å². The summed E-state index contributed by atoms with van der Waals surface area (Å²) in [7, 11) is 0. The highest BCUT2D eigenvalue weighted by Crippen LogP contribution is 2.26. The number of unbranched alkanes of at least 4 members (excludes halogenated alkanes) is 1. The number of carboxylic acids is 1. The van der Waals surface area contributed by atoms with Crippen LogP contribution < -0.4 is 5.32 Å². The number of amides is 1. The Labute approximate surface area is 125 Å². The van der Waals surface area contributed by atoms with E-state index in [1.54, 1.807) is 12.1 Å². The molecule has 0 saturated heterocycles. The largest absolute Gasteiger partial charge is 0.480 e. The summed E-state index contributed by atoms with van der Waals surface area (Å²) in [4.78, 5) is 23.6. The number of carboxylic acid groups (broad SMARTS) is 1. The van der Waals surface area contributed by atoms with E-state index in [1.165, 1.54) is 23.5 Å². The average molecular weight is 309 g/mol. The summed E-state index contributed by atoms with van der Waals surface area (Å²) in [6, 6.07) is 4.99. The van der Waals surface area contributed by atoms with Gasteiger partial charge in [0.05, 0.1) is 4.88 Å². The van der Waals surface area contributed by atoms with Crippen molar-refractivity contribution in [2.45, 2.75) is 32.2 Å². The molecule has 1 aromatic heterocycles. The Morgan fingerprint density at radius 2 is 2.14 bits per heavy atom. The van der Waals surface area contributed by atoms with Crippen molar-refractivity contribution >= 4 is 33.3 Å². The monoisotopic (exact) mass is 309 g/mol. The van der Waals surface area contributed by atoms with Crippen LogP contribution in [0.15, 0.2) is 24.3 Å². The molecule has 21 heavy (non-hydrogen) atoms. The number of benzene rings is 1. The maximum Gasteiger partial charge on any atom is 0.326 e. The van der Waals surface area contributed by atoms with Gasteiger partial charge < -0.3 is 10.4 Å². The van der Waals surface area contributed by atoms with Crippen LogP contribution in [0.4, 0.5) is 4.39 Å². The van der Waals surface area contributed by atoms with Gasteiger partial charge >= 0.3 is 5.97 Å². The lowest BCUT2D eigenvalue weighted by Gasteiger charge is -2.13. The van der Waals surface area contributed by atoms with Crippen molar-refractivity contribution in [3.05, 3.63) is 35.0 Å². The smallest absolute Gasteiger partial charge is 0.326 e. The molecule has 0 saturated carbocycles. The van der Waals surface area contributed by atoms with Gasteiger partial charge in [-0.25, -0.2) is 9.18 Å². The molecule has 2 aromatic rings. The zero-order valence-electron chi connectivity index (χ0n) is 11.6. The number of rotatable bonds is 6. The number of halogens is 1. The number of hydrogen-bond acceptors (Lipinski definition) is 3. The van der Waals surface area contributed by atoms with Crippen LogP contribution in [0.5, 0.6) is 0 Å². The van der Waals surface area contributed by atoms with Gasteiger partial charge in [-0.2, -0.15) is 0 Å². The van der Waals surface area contributed by atoms with Gasteiger partial charge in [-0.15, -0.1) is 11.3 Å². The molecule has 4 nitrogen and oxygen atoms in total. The van der Waals surface area contributed by atoms with Crippen molar-refractivity contribution in [2.24, 2.45) is 0 Å². The third kappa shape index (κ3) is 3.78. The van der Waals surface area contributed by atoms with Crippen molar-refractivity contribution in [2.75, 3.05) is 0 Å². The molecule has 0 radical (unpaired) electrons. The Hall–Kier alpha value is -1.95. The summed E-state index contributed by atoms with van der Waals surface area (Å²) < 4.78 is 13.9. The minimum atomic E-state index is -1.04. The Balaban J connectivity index is 2.15. The van der Waals surface area contributed by atoms with Gasteiger partial charge in [0, 0.05) is 4.70 Å². The molecular weight excluding hydrogens is 293 g/mol. The van der Waals surface area contributed by atoms with Crippen LogP contribution in [-0.4, -0.2) is 23.0 Å². The highest BCUT2D eigenvalue weighted by atomic mass is 32.1. The van der Waals surface area contributed by atoms with Crippen LogP contribution >= 0.6 is 11.3 Å². The molecule has 2 N–H and O–H groups in total. The van der Waals surface area contributed by atoms with Crippen molar-refractivity contribution in [1.29, 1.82) is 0 Å². The third-order valence-electron chi connectivity index (χ3n) is 3.15. The summed E-state index contributed by atoms with van der Waals surface area (Å²) in [6.45, 7) is 1.96. The van der Waals surface area contributed by atoms with Gasteiger partial charge in [-0.05, 0) is 36.1 Å². The standard InChI is InChI=1S/C15H16FNO3S/c1-2-3-4-11(15(19)20)17-14(18)13-8-9-7-10(16)5-6-12(9)21-13/h5-8,11H,2-4H2,1H3,(H,17,18)(H,19,20)/t11-/m0/s1. The Morgan fingerprint density at radius 1 is 1.38 bits per heavy atom. The van der Waals surface area contributed by atoms with E-state index in [0.29, 0.717) is 16.7 Å². The first kappa shape index (κ1) is 15.4. The number of fused-ring (bicyclic) bond motifs is 1. The molecule has 0 spiro atoms. The quantitative estimate of drug-likeness (QED) is 0.859. The first-order chi connectivity index (χ1) is 10.0. The molecule has 1 aromatic carbocycles. The maximum atomic E-state index is 13.1. The molecule has 0 aliphatic heterocycles. The molecular formula is C15H16FNO3S. The van der Waals surface area contributed by atoms with Crippen LogP contribution in [0.2, 0.25) is 0 Å². The lowest BCUT2D eigenvalue weighted by molar-refractivity contribution is -0.139. The van der Waals surface area contributed by atoms with Gasteiger partial charge in [0.1, 0.15) is 11.9 Å². The summed E-state index contributed by atoms with van der Waals surface area (Å²) in [6.07, 6.45) is 1.99.